The summed E-state index contributed by atoms with van der Waals surface area (Å²) in [5, 5.41) is 11.4. The predicted molar refractivity (Wildman–Crippen MR) is 78.9 cm³/mol. The van der Waals surface area contributed by atoms with E-state index in [0.29, 0.717) is 0 Å². The summed E-state index contributed by atoms with van der Waals surface area (Å²) in [5.41, 5.74) is 3.79. The molecule has 0 amide bonds. The van der Waals surface area contributed by atoms with Crippen LogP contribution in [0.25, 0.3) is 0 Å². The zero-order chi connectivity index (χ0) is 13.2. The Balaban J connectivity index is 1.78. The quantitative estimate of drug-likeness (QED) is 0.860. The van der Waals surface area contributed by atoms with Gasteiger partial charge in [0.05, 0.1) is 0 Å². The number of pyridine rings is 1. The lowest BCUT2D eigenvalue weighted by atomic mass is 10.2. The first-order valence-electron chi connectivity index (χ1n) is 6.31. The van der Waals surface area contributed by atoms with Gasteiger partial charge in [-0.15, -0.1) is 11.8 Å². The van der Waals surface area contributed by atoms with Crippen molar-refractivity contribution >= 4 is 23.4 Å². The molecule has 0 aliphatic heterocycles. The van der Waals surface area contributed by atoms with E-state index in [1.807, 2.05) is 24.3 Å². The van der Waals surface area contributed by atoms with Crippen molar-refractivity contribution in [3.05, 3.63) is 52.0 Å². The van der Waals surface area contributed by atoms with Crippen LogP contribution in [0.5, 0.6) is 5.88 Å². The molecule has 0 atom stereocenters. The zero-order valence-electron chi connectivity index (χ0n) is 10.4. The summed E-state index contributed by atoms with van der Waals surface area (Å²) in [6.07, 6.45) is 3.29. The number of thioether (sulfide) groups is 1. The van der Waals surface area contributed by atoms with Gasteiger partial charge in [0.15, 0.2) is 0 Å². The third-order valence-corrected chi connectivity index (χ3v) is 4.67. The van der Waals surface area contributed by atoms with Crippen LogP contribution in [0, 0.1) is 0 Å². The van der Waals surface area contributed by atoms with Gasteiger partial charge in [0.25, 0.3) is 0 Å². The van der Waals surface area contributed by atoms with Gasteiger partial charge in [0, 0.05) is 16.8 Å². The Labute approximate surface area is 121 Å². The molecule has 1 aromatic carbocycles. The van der Waals surface area contributed by atoms with Crippen LogP contribution in [-0.2, 0) is 18.6 Å². The lowest BCUT2D eigenvalue weighted by Crippen LogP contribution is -1.92. The van der Waals surface area contributed by atoms with Crippen molar-refractivity contribution in [2.45, 2.75) is 30.0 Å². The van der Waals surface area contributed by atoms with Crippen LogP contribution in [0.4, 0.5) is 0 Å². The lowest BCUT2D eigenvalue weighted by molar-refractivity contribution is 0.447. The van der Waals surface area contributed by atoms with Crippen molar-refractivity contribution in [1.82, 2.24) is 4.98 Å². The van der Waals surface area contributed by atoms with E-state index in [2.05, 4.69) is 4.98 Å². The Morgan fingerprint density at radius 1 is 1.21 bits per heavy atom. The van der Waals surface area contributed by atoms with Gasteiger partial charge in [-0.25, -0.2) is 4.98 Å². The average Bonchev–Trinajstić information content (AvgIpc) is 2.85. The highest BCUT2D eigenvalue weighted by Crippen LogP contribution is 2.34. The second-order valence-electron chi connectivity index (χ2n) is 4.69. The number of fused-ring (bicyclic) bond motifs is 1. The van der Waals surface area contributed by atoms with E-state index < -0.39 is 0 Å². The molecule has 0 saturated carbocycles. The van der Waals surface area contributed by atoms with Crippen molar-refractivity contribution in [1.29, 1.82) is 0 Å². The van der Waals surface area contributed by atoms with Crippen molar-refractivity contribution < 1.29 is 5.11 Å². The standard InChI is InChI=1S/C15H14ClNOS/c16-12-6-4-10(5-7-12)9-19-15-13-3-1-2-11(13)8-14(18)17-15/h4-8H,1-3,9H2,(H,17,18). The van der Waals surface area contributed by atoms with Crippen LogP contribution >= 0.6 is 23.4 Å². The van der Waals surface area contributed by atoms with Crippen LogP contribution in [0.2, 0.25) is 5.02 Å². The predicted octanol–water partition coefficient (Wildman–Crippen LogP) is 4.22. The summed E-state index contributed by atoms with van der Waals surface area (Å²) < 4.78 is 0. The number of hydrogen-bond donors (Lipinski definition) is 1. The molecule has 0 saturated heterocycles. The molecule has 1 aliphatic carbocycles. The van der Waals surface area contributed by atoms with Crippen molar-refractivity contribution in [2.24, 2.45) is 0 Å². The molecule has 1 aliphatic rings. The normalized spacial score (nSPS) is 13.5. The first-order valence-corrected chi connectivity index (χ1v) is 7.68. The van der Waals surface area contributed by atoms with Gasteiger partial charge in [-0.3, -0.25) is 0 Å². The number of benzene rings is 1. The van der Waals surface area contributed by atoms with Crippen molar-refractivity contribution in [3.8, 4) is 5.88 Å². The number of aromatic nitrogens is 1. The minimum Gasteiger partial charge on any atom is -0.493 e. The van der Waals surface area contributed by atoms with Crippen molar-refractivity contribution in [3.63, 3.8) is 0 Å². The molecular formula is C15H14ClNOS. The number of aromatic hydroxyl groups is 1. The van der Waals surface area contributed by atoms with Gasteiger partial charge in [-0.1, -0.05) is 23.7 Å². The molecule has 0 fully saturated rings. The average molecular weight is 292 g/mol. The summed E-state index contributed by atoms with van der Waals surface area (Å²) in [4.78, 5) is 4.27. The molecule has 0 spiro atoms. The van der Waals surface area contributed by atoms with Crippen LogP contribution in [-0.4, -0.2) is 10.1 Å². The molecule has 2 nitrogen and oxygen atoms in total. The maximum Gasteiger partial charge on any atom is 0.212 e. The van der Waals surface area contributed by atoms with E-state index in [9.17, 15) is 5.11 Å². The summed E-state index contributed by atoms with van der Waals surface area (Å²) in [5.74, 6) is 0.985. The van der Waals surface area contributed by atoms with E-state index >= 15 is 0 Å². The fraction of sp³-hybridized carbons (Fsp3) is 0.267. The summed E-state index contributed by atoms with van der Waals surface area (Å²) in [7, 11) is 0. The molecule has 4 heteroatoms. The van der Waals surface area contributed by atoms with Crippen LogP contribution in [0.1, 0.15) is 23.1 Å². The third-order valence-electron chi connectivity index (χ3n) is 3.33. The van der Waals surface area contributed by atoms with Gasteiger partial charge < -0.3 is 5.11 Å². The Morgan fingerprint density at radius 2 is 2.00 bits per heavy atom. The van der Waals surface area contributed by atoms with E-state index in [1.54, 1.807) is 17.8 Å². The van der Waals surface area contributed by atoms with Crippen LogP contribution in [0.15, 0.2) is 35.4 Å². The fourth-order valence-electron chi connectivity index (χ4n) is 2.38. The number of aryl methyl sites for hydroxylation is 1. The van der Waals surface area contributed by atoms with E-state index in [4.69, 9.17) is 11.6 Å². The second kappa shape index (κ2) is 5.43. The maximum atomic E-state index is 9.67. The summed E-state index contributed by atoms with van der Waals surface area (Å²) in [6.45, 7) is 0. The zero-order valence-corrected chi connectivity index (χ0v) is 12.0. The molecule has 0 bridgehead atoms. The maximum absolute atomic E-state index is 9.67. The van der Waals surface area contributed by atoms with Gasteiger partial charge in [0.2, 0.25) is 5.88 Å². The third kappa shape index (κ3) is 2.88. The highest BCUT2D eigenvalue weighted by atomic mass is 35.5. The fourth-order valence-corrected chi connectivity index (χ4v) is 3.57. The van der Waals surface area contributed by atoms with Crippen molar-refractivity contribution in [2.75, 3.05) is 0 Å². The Kier molecular flexibility index (Phi) is 3.67. The van der Waals surface area contributed by atoms with Gasteiger partial charge in [0.1, 0.15) is 5.03 Å². The van der Waals surface area contributed by atoms with Gasteiger partial charge in [-0.05, 0) is 48.1 Å². The number of rotatable bonds is 3. The minimum absolute atomic E-state index is 0.138. The number of hydrogen-bond acceptors (Lipinski definition) is 3. The molecule has 1 heterocycles. The molecule has 2 aromatic rings. The van der Waals surface area contributed by atoms with E-state index in [-0.39, 0.29) is 5.88 Å². The smallest absolute Gasteiger partial charge is 0.212 e. The molecule has 0 unspecified atom stereocenters. The van der Waals surface area contributed by atoms with Gasteiger partial charge >= 0.3 is 0 Å². The molecule has 1 N–H and O–H groups in total. The van der Waals surface area contributed by atoms with Gasteiger partial charge in [-0.2, -0.15) is 0 Å². The highest BCUT2D eigenvalue weighted by molar-refractivity contribution is 7.98. The first kappa shape index (κ1) is 12.8. The topological polar surface area (TPSA) is 33.1 Å². The monoisotopic (exact) mass is 291 g/mol. The number of nitrogens with zero attached hydrogens (tertiary/aromatic N) is 1. The Hall–Kier alpha value is -1.19. The van der Waals surface area contributed by atoms with Crippen LogP contribution < -0.4 is 0 Å². The molecule has 19 heavy (non-hydrogen) atoms. The molecule has 3 rings (SSSR count). The van der Waals surface area contributed by atoms with Crippen LogP contribution in [0.3, 0.4) is 0 Å². The minimum atomic E-state index is 0.138. The van der Waals surface area contributed by atoms with E-state index in [1.165, 1.54) is 16.7 Å². The Morgan fingerprint density at radius 3 is 2.79 bits per heavy atom. The van der Waals surface area contributed by atoms with E-state index in [0.717, 1.165) is 35.1 Å². The first-order chi connectivity index (χ1) is 9.22. The molecular weight excluding hydrogens is 278 g/mol. The SMILES string of the molecule is Oc1cc2c(c(SCc3ccc(Cl)cc3)n1)CCC2. The molecule has 0 radical (unpaired) electrons. The highest BCUT2D eigenvalue weighted by Gasteiger charge is 2.17. The lowest BCUT2D eigenvalue weighted by Gasteiger charge is -2.08. The summed E-state index contributed by atoms with van der Waals surface area (Å²) >= 11 is 7.56. The summed E-state index contributed by atoms with van der Waals surface area (Å²) in [6, 6.07) is 9.65. The molecule has 1 aromatic heterocycles. The Bertz CT molecular complexity index is 598. The number of halogens is 1. The largest absolute Gasteiger partial charge is 0.493 e. The molecule has 98 valence electrons. The second-order valence-corrected chi connectivity index (χ2v) is 6.09.